The Morgan fingerprint density at radius 3 is 1.53 bits per heavy atom. The van der Waals surface area contributed by atoms with E-state index in [4.69, 9.17) is 0 Å². The SMILES string of the molecule is C1CSC(C2CCC(C3CCCS3)S2)C1. The molecule has 0 radical (unpaired) electrons. The Bertz CT molecular complexity index is 185. The molecule has 0 spiro atoms. The lowest BCUT2D eigenvalue weighted by molar-refractivity contribution is 0.654. The molecule has 3 heteroatoms. The van der Waals surface area contributed by atoms with Crippen molar-refractivity contribution in [3.63, 3.8) is 0 Å². The average molecular weight is 260 g/mol. The number of rotatable bonds is 2. The lowest BCUT2D eigenvalue weighted by atomic mass is 10.1. The third-order valence-corrected chi connectivity index (χ3v) is 9.05. The maximum atomic E-state index is 2.36. The minimum Gasteiger partial charge on any atom is -0.157 e. The van der Waals surface area contributed by atoms with Crippen LogP contribution in [0.4, 0.5) is 0 Å². The molecule has 86 valence electrons. The van der Waals surface area contributed by atoms with Crippen molar-refractivity contribution in [2.45, 2.75) is 59.5 Å². The first-order valence-corrected chi connectivity index (χ1v) is 9.36. The molecule has 15 heavy (non-hydrogen) atoms. The molecule has 0 aromatic rings. The smallest absolute Gasteiger partial charge is 0.0170 e. The van der Waals surface area contributed by atoms with E-state index in [1.807, 2.05) is 0 Å². The van der Waals surface area contributed by atoms with Gasteiger partial charge in [-0.05, 0) is 50.0 Å². The predicted molar refractivity (Wildman–Crippen MR) is 75.4 cm³/mol. The van der Waals surface area contributed by atoms with Crippen molar-refractivity contribution in [1.82, 2.24) is 0 Å². The Morgan fingerprint density at radius 1 is 0.600 bits per heavy atom. The molecular weight excluding hydrogens is 240 g/mol. The molecule has 4 unspecified atom stereocenters. The summed E-state index contributed by atoms with van der Waals surface area (Å²) >= 11 is 6.88. The molecule has 3 saturated heterocycles. The van der Waals surface area contributed by atoms with Gasteiger partial charge in [0.1, 0.15) is 0 Å². The van der Waals surface area contributed by atoms with Crippen LogP contribution in [0.2, 0.25) is 0 Å². The van der Waals surface area contributed by atoms with Crippen molar-refractivity contribution in [2.75, 3.05) is 11.5 Å². The number of hydrogen-bond acceptors (Lipinski definition) is 3. The van der Waals surface area contributed by atoms with Gasteiger partial charge >= 0.3 is 0 Å². The summed E-state index contributed by atoms with van der Waals surface area (Å²) in [5, 5.41) is 4.07. The summed E-state index contributed by atoms with van der Waals surface area (Å²) < 4.78 is 0. The van der Waals surface area contributed by atoms with E-state index in [9.17, 15) is 0 Å². The Labute approximate surface area is 106 Å². The molecule has 0 aliphatic carbocycles. The van der Waals surface area contributed by atoms with E-state index >= 15 is 0 Å². The van der Waals surface area contributed by atoms with Crippen molar-refractivity contribution in [3.8, 4) is 0 Å². The monoisotopic (exact) mass is 260 g/mol. The normalized spacial score (nSPS) is 46.4. The van der Waals surface area contributed by atoms with Gasteiger partial charge in [-0.25, -0.2) is 0 Å². The molecular formula is C12H20S3. The van der Waals surface area contributed by atoms with Gasteiger partial charge < -0.3 is 0 Å². The Kier molecular flexibility index (Phi) is 3.82. The molecule has 0 saturated carbocycles. The average Bonchev–Trinajstić information content (AvgIpc) is 3.02. The molecule has 4 atom stereocenters. The molecule has 0 bridgehead atoms. The van der Waals surface area contributed by atoms with E-state index in [2.05, 4.69) is 35.3 Å². The largest absolute Gasteiger partial charge is 0.157 e. The summed E-state index contributed by atoms with van der Waals surface area (Å²) in [5.41, 5.74) is 0. The van der Waals surface area contributed by atoms with E-state index in [0.29, 0.717) is 0 Å². The van der Waals surface area contributed by atoms with E-state index in [1.165, 1.54) is 50.0 Å². The van der Waals surface area contributed by atoms with E-state index in [-0.39, 0.29) is 0 Å². The summed E-state index contributed by atoms with van der Waals surface area (Å²) in [5.74, 6) is 2.87. The molecule has 0 amide bonds. The summed E-state index contributed by atoms with van der Waals surface area (Å²) in [6.07, 6.45) is 9.01. The first-order chi connectivity index (χ1) is 7.43. The second-order valence-electron chi connectivity index (χ2n) is 4.89. The molecule has 0 nitrogen and oxygen atoms in total. The summed E-state index contributed by atoms with van der Waals surface area (Å²) in [7, 11) is 0. The number of hydrogen-bond donors (Lipinski definition) is 0. The highest BCUT2D eigenvalue weighted by molar-refractivity contribution is 8.06. The van der Waals surface area contributed by atoms with Crippen LogP contribution in [0.15, 0.2) is 0 Å². The highest BCUT2D eigenvalue weighted by Crippen LogP contribution is 2.48. The maximum absolute atomic E-state index is 2.36. The predicted octanol–water partition coefficient (Wildman–Crippen LogP) is 4.04. The van der Waals surface area contributed by atoms with Gasteiger partial charge in [-0.15, -0.1) is 0 Å². The fourth-order valence-electron chi connectivity index (χ4n) is 3.03. The van der Waals surface area contributed by atoms with Gasteiger partial charge in [0, 0.05) is 21.0 Å². The molecule has 0 N–H and O–H groups in total. The lowest BCUT2D eigenvalue weighted by Gasteiger charge is -2.20. The second-order valence-corrected chi connectivity index (χ2v) is 9.07. The lowest BCUT2D eigenvalue weighted by Crippen LogP contribution is -2.16. The minimum absolute atomic E-state index is 1.02. The molecule has 3 fully saturated rings. The van der Waals surface area contributed by atoms with Crippen LogP contribution in [0.25, 0.3) is 0 Å². The third-order valence-electron chi connectivity index (χ3n) is 3.84. The van der Waals surface area contributed by atoms with E-state index in [0.717, 1.165) is 21.0 Å². The fraction of sp³-hybridized carbons (Fsp3) is 1.00. The zero-order valence-corrected chi connectivity index (χ0v) is 11.6. The standard InChI is InChI=1S/C12H20S3/c1-3-9(13-7-1)11-5-6-12(15-11)10-4-2-8-14-10/h9-12H,1-8H2. The van der Waals surface area contributed by atoms with Gasteiger partial charge in [-0.3, -0.25) is 0 Å². The molecule has 3 aliphatic rings. The van der Waals surface area contributed by atoms with Gasteiger partial charge in [-0.2, -0.15) is 35.3 Å². The van der Waals surface area contributed by atoms with Crippen LogP contribution in [-0.4, -0.2) is 32.5 Å². The third kappa shape index (κ3) is 2.50. The fourth-order valence-corrected chi connectivity index (χ4v) is 8.14. The van der Waals surface area contributed by atoms with Crippen LogP contribution in [-0.2, 0) is 0 Å². The Balaban J connectivity index is 1.53. The van der Waals surface area contributed by atoms with Crippen LogP contribution >= 0.6 is 35.3 Å². The van der Waals surface area contributed by atoms with Gasteiger partial charge in [0.2, 0.25) is 0 Å². The molecule has 3 heterocycles. The Hall–Kier alpha value is 1.05. The summed E-state index contributed by atoms with van der Waals surface area (Å²) in [4.78, 5) is 0. The number of thioether (sulfide) groups is 3. The van der Waals surface area contributed by atoms with E-state index in [1.54, 1.807) is 0 Å². The zero-order valence-electron chi connectivity index (χ0n) is 9.19. The molecule has 3 rings (SSSR count). The van der Waals surface area contributed by atoms with Gasteiger partial charge in [0.15, 0.2) is 0 Å². The van der Waals surface area contributed by atoms with Crippen LogP contribution in [0.1, 0.15) is 38.5 Å². The van der Waals surface area contributed by atoms with Crippen molar-refractivity contribution in [2.24, 2.45) is 0 Å². The summed E-state index contributed by atoms with van der Waals surface area (Å²) in [6, 6.07) is 0. The van der Waals surface area contributed by atoms with Gasteiger partial charge in [0.25, 0.3) is 0 Å². The quantitative estimate of drug-likeness (QED) is 0.735. The second kappa shape index (κ2) is 5.14. The summed E-state index contributed by atoms with van der Waals surface area (Å²) in [6.45, 7) is 0. The molecule has 0 aromatic carbocycles. The van der Waals surface area contributed by atoms with Crippen molar-refractivity contribution in [1.29, 1.82) is 0 Å². The first-order valence-electron chi connectivity index (χ1n) is 6.32. The van der Waals surface area contributed by atoms with Gasteiger partial charge in [0.05, 0.1) is 0 Å². The van der Waals surface area contributed by atoms with Crippen molar-refractivity contribution in [3.05, 3.63) is 0 Å². The Morgan fingerprint density at radius 2 is 1.13 bits per heavy atom. The van der Waals surface area contributed by atoms with Crippen molar-refractivity contribution < 1.29 is 0 Å². The first kappa shape index (κ1) is 11.2. The van der Waals surface area contributed by atoms with Crippen LogP contribution in [0, 0.1) is 0 Å². The minimum atomic E-state index is 1.02. The van der Waals surface area contributed by atoms with Crippen LogP contribution in [0.3, 0.4) is 0 Å². The highest BCUT2D eigenvalue weighted by Gasteiger charge is 2.37. The highest BCUT2D eigenvalue weighted by atomic mass is 32.2. The van der Waals surface area contributed by atoms with Crippen molar-refractivity contribution >= 4 is 35.3 Å². The molecule has 0 aromatic heterocycles. The van der Waals surface area contributed by atoms with E-state index < -0.39 is 0 Å². The molecule has 3 aliphatic heterocycles. The van der Waals surface area contributed by atoms with Gasteiger partial charge in [-0.1, -0.05) is 0 Å². The maximum Gasteiger partial charge on any atom is 0.0170 e. The van der Waals surface area contributed by atoms with Crippen LogP contribution < -0.4 is 0 Å². The van der Waals surface area contributed by atoms with Crippen LogP contribution in [0.5, 0.6) is 0 Å². The topological polar surface area (TPSA) is 0 Å². The zero-order chi connectivity index (χ0) is 10.1.